The summed E-state index contributed by atoms with van der Waals surface area (Å²) in [4.78, 5) is 31.4. The number of nitriles is 4. The van der Waals surface area contributed by atoms with Crippen LogP contribution < -0.4 is 0 Å². The molecule has 0 bridgehead atoms. The molecule has 11 aromatic carbocycles. The molecule has 0 unspecified atom stereocenters. The molecule has 4 aromatic heterocycles. The van der Waals surface area contributed by atoms with Crippen LogP contribution in [0.15, 0.2) is 255 Å². The van der Waals surface area contributed by atoms with Gasteiger partial charge in [0, 0.05) is 66.3 Å². The summed E-state index contributed by atoms with van der Waals surface area (Å²) in [6.45, 7) is 0. The lowest BCUT2D eigenvalue weighted by Gasteiger charge is -2.17. The van der Waals surface area contributed by atoms with Crippen LogP contribution in [0.2, 0.25) is 0 Å². The van der Waals surface area contributed by atoms with Crippen molar-refractivity contribution < 1.29 is 0 Å². The van der Waals surface area contributed by atoms with E-state index in [2.05, 4.69) is 94.1 Å². The Morgan fingerprint density at radius 3 is 0.784 bits per heavy atom. The quantitative estimate of drug-likeness (QED) is 0.128. The number of aromatic nitrogens is 8. The van der Waals surface area contributed by atoms with Crippen LogP contribution in [-0.4, -0.2) is 39.0 Å². The second-order valence-electron chi connectivity index (χ2n) is 21.2. The summed E-state index contributed by atoms with van der Waals surface area (Å²) < 4.78 is 4.32. The maximum Gasteiger partial charge on any atom is 0.164 e. The number of fused-ring (bicyclic) bond motifs is 6. The summed E-state index contributed by atoms with van der Waals surface area (Å²) in [6.07, 6.45) is 0. The molecular formula is C76H42N12. The predicted molar refractivity (Wildman–Crippen MR) is 344 cm³/mol. The molecule has 4 heterocycles. The molecule has 0 atom stereocenters. The third-order valence-electron chi connectivity index (χ3n) is 15.9. The lowest BCUT2D eigenvalue weighted by Crippen LogP contribution is -2.03. The normalized spacial score (nSPS) is 11.1. The van der Waals surface area contributed by atoms with Gasteiger partial charge in [-0.1, -0.05) is 152 Å². The summed E-state index contributed by atoms with van der Waals surface area (Å²) >= 11 is 0. The van der Waals surface area contributed by atoms with Crippen LogP contribution in [0.5, 0.6) is 0 Å². The summed E-state index contributed by atoms with van der Waals surface area (Å²) in [5.74, 6) is 2.91. The highest BCUT2D eigenvalue weighted by atomic mass is 15.1. The van der Waals surface area contributed by atoms with E-state index in [-0.39, 0.29) is 0 Å². The predicted octanol–water partition coefficient (Wildman–Crippen LogP) is 17.1. The largest absolute Gasteiger partial charge is 0.309 e. The summed E-state index contributed by atoms with van der Waals surface area (Å²) in [5.41, 5.74) is 15.2. The molecule has 15 aromatic rings. The van der Waals surface area contributed by atoms with Crippen molar-refractivity contribution in [2.45, 2.75) is 0 Å². The molecule has 0 spiro atoms. The van der Waals surface area contributed by atoms with Gasteiger partial charge >= 0.3 is 0 Å². The first-order valence-electron chi connectivity index (χ1n) is 28.3. The first-order valence-corrected chi connectivity index (χ1v) is 28.3. The van der Waals surface area contributed by atoms with Crippen molar-refractivity contribution in [3.05, 3.63) is 277 Å². The fourth-order valence-corrected chi connectivity index (χ4v) is 11.8. The topological polar surface area (TPSA) is 182 Å². The molecule has 0 fully saturated rings. The van der Waals surface area contributed by atoms with Gasteiger partial charge in [-0.2, -0.15) is 21.0 Å². The van der Waals surface area contributed by atoms with Gasteiger partial charge in [-0.05, 0) is 125 Å². The van der Waals surface area contributed by atoms with E-state index in [0.29, 0.717) is 57.2 Å². The maximum absolute atomic E-state index is 10.1. The number of hydrogen-bond donors (Lipinski definition) is 0. The van der Waals surface area contributed by atoms with E-state index >= 15 is 0 Å². The van der Waals surface area contributed by atoms with Gasteiger partial charge in [-0.15, -0.1) is 0 Å². The second kappa shape index (κ2) is 21.6. The molecule has 15 rings (SSSR count). The van der Waals surface area contributed by atoms with Crippen LogP contribution in [0.1, 0.15) is 22.3 Å². The molecule has 12 nitrogen and oxygen atoms in total. The van der Waals surface area contributed by atoms with E-state index in [4.69, 9.17) is 29.9 Å². The van der Waals surface area contributed by atoms with Gasteiger partial charge < -0.3 is 9.13 Å². The van der Waals surface area contributed by atoms with Crippen molar-refractivity contribution in [2.75, 3.05) is 0 Å². The smallest absolute Gasteiger partial charge is 0.164 e. The first-order chi connectivity index (χ1) is 43.4. The SMILES string of the molecule is N#Cc1ccc2c(c1)c1cc(C#N)ccc1n2-c1ccc(-c2cccc(-c3ccc(-n4c5ccc(C#N)cc5c5cc(C#N)ccc54)cc3-c3nc(-c4ccccc4)nc(-c4ccccc4)n3)c2)c(-c2nc(-c3ccccc3)nc(-c3ccccc3)n2)c1. The number of hydrogen-bond acceptors (Lipinski definition) is 10. The van der Waals surface area contributed by atoms with Gasteiger partial charge in [-0.3, -0.25) is 0 Å². The Kier molecular flexibility index (Phi) is 12.7. The zero-order valence-electron chi connectivity index (χ0n) is 46.6. The zero-order valence-corrected chi connectivity index (χ0v) is 46.6. The molecule has 0 N–H and O–H groups in total. The Morgan fingerprint density at radius 1 is 0.227 bits per heavy atom. The molecular weight excluding hydrogens is 1080 g/mol. The average Bonchev–Trinajstić information content (AvgIpc) is 2.51. The molecule has 0 aliphatic rings. The molecule has 0 radical (unpaired) electrons. The van der Waals surface area contributed by atoms with E-state index in [9.17, 15) is 21.0 Å². The van der Waals surface area contributed by atoms with Gasteiger partial charge in [0.25, 0.3) is 0 Å². The monoisotopic (exact) mass is 1120 g/mol. The Labute approximate surface area is 504 Å². The number of benzene rings is 11. The molecule has 0 saturated carbocycles. The third kappa shape index (κ3) is 9.18. The fourth-order valence-electron chi connectivity index (χ4n) is 11.8. The zero-order chi connectivity index (χ0) is 59.2. The van der Waals surface area contributed by atoms with E-state index < -0.39 is 0 Å². The number of nitrogens with zero attached hydrogens (tertiary/aromatic N) is 12. The van der Waals surface area contributed by atoms with E-state index in [1.165, 1.54) is 0 Å². The Morgan fingerprint density at radius 2 is 0.500 bits per heavy atom. The van der Waals surface area contributed by atoms with Crippen LogP contribution in [0.3, 0.4) is 0 Å². The lowest BCUT2D eigenvalue weighted by atomic mass is 9.92. The first kappa shape index (κ1) is 51.8. The van der Waals surface area contributed by atoms with Crippen molar-refractivity contribution in [2.24, 2.45) is 0 Å². The second-order valence-corrected chi connectivity index (χ2v) is 21.2. The minimum atomic E-state index is 0.446. The van der Waals surface area contributed by atoms with Crippen LogP contribution in [0.4, 0.5) is 0 Å². The molecule has 0 aliphatic heterocycles. The van der Waals surface area contributed by atoms with Crippen LogP contribution in [0, 0.1) is 45.3 Å². The molecule has 406 valence electrons. The average molecular weight is 1120 g/mol. The number of rotatable bonds is 10. The summed E-state index contributed by atoms with van der Waals surface area (Å²) in [7, 11) is 0. The van der Waals surface area contributed by atoms with Gasteiger partial charge in [0.05, 0.1) is 68.6 Å². The fraction of sp³-hybridized carbons (Fsp3) is 0. The van der Waals surface area contributed by atoms with E-state index in [1.54, 1.807) is 0 Å². The molecule has 0 aliphatic carbocycles. The molecule has 88 heavy (non-hydrogen) atoms. The summed E-state index contributed by atoms with van der Waals surface area (Å²) in [6, 6.07) is 92.4. The Balaban J connectivity index is 0.982. The van der Waals surface area contributed by atoms with Crippen molar-refractivity contribution >= 4 is 43.6 Å². The molecule has 0 amide bonds. The molecule has 12 heteroatoms. The highest BCUT2D eigenvalue weighted by Gasteiger charge is 2.24. The van der Waals surface area contributed by atoms with Crippen molar-refractivity contribution in [3.63, 3.8) is 0 Å². The Bertz CT molecular complexity index is 4900. The lowest BCUT2D eigenvalue weighted by molar-refractivity contribution is 1.07. The summed E-state index contributed by atoms with van der Waals surface area (Å²) in [5, 5.41) is 43.7. The third-order valence-corrected chi connectivity index (χ3v) is 15.9. The van der Waals surface area contributed by atoms with Crippen molar-refractivity contribution in [3.8, 4) is 126 Å². The highest BCUT2D eigenvalue weighted by Crippen LogP contribution is 2.43. The van der Waals surface area contributed by atoms with Gasteiger partial charge in [-0.25, -0.2) is 29.9 Å². The minimum Gasteiger partial charge on any atom is -0.309 e. The molecule has 0 saturated heterocycles. The maximum atomic E-state index is 10.1. The Hall–Kier alpha value is -13.0. The van der Waals surface area contributed by atoms with Gasteiger partial charge in [0.15, 0.2) is 34.9 Å². The standard InChI is InChI=1S/C76H42N12/c77-43-47-24-32-67-61(36-47)62-37-48(44-78)25-33-68(62)87(67)57-28-30-59(65(41-57)75-83-71(51-14-5-1-6-15-51)81-72(84-75)52-16-7-2-8-17-52)55-22-13-23-56(40-55)60-31-29-58(88-69-34-26-49(45-79)38-63(69)64-39-50(46-80)27-35-70(64)88)42-66(60)76-85-73(53-18-9-3-10-19-53)82-74(86-76)54-20-11-4-12-21-54/h1-42H. The highest BCUT2D eigenvalue weighted by molar-refractivity contribution is 6.11. The van der Waals surface area contributed by atoms with Crippen molar-refractivity contribution in [1.82, 2.24) is 39.0 Å². The van der Waals surface area contributed by atoms with E-state index in [1.807, 2.05) is 194 Å². The minimum absolute atomic E-state index is 0.446. The van der Waals surface area contributed by atoms with E-state index in [0.717, 1.165) is 111 Å². The van der Waals surface area contributed by atoms with Crippen molar-refractivity contribution in [1.29, 1.82) is 21.0 Å². The van der Waals surface area contributed by atoms with Gasteiger partial charge in [0.2, 0.25) is 0 Å². The van der Waals surface area contributed by atoms with Gasteiger partial charge in [0.1, 0.15) is 0 Å². The van der Waals surface area contributed by atoms with Crippen LogP contribution >= 0.6 is 0 Å². The van der Waals surface area contributed by atoms with Crippen LogP contribution in [0.25, 0.3) is 146 Å². The van der Waals surface area contributed by atoms with Crippen LogP contribution in [-0.2, 0) is 0 Å².